The van der Waals surface area contributed by atoms with E-state index >= 15 is 0 Å². The molecule has 1 fully saturated rings. The van der Waals surface area contributed by atoms with Crippen LogP contribution in [-0.2, 0) is 4.74 Å². The third-order valence-electron chi connectivity index (χ3n) is 2.44. The van der Waals surface area contributed by atoms with Crippen molar-refractivity contribution in [2.24, 2.45) is 5.92 Å². The topological polar surface area (TPSA) is 9.23 Å². The Labute approximate surface area is 77.5 Å². The lowest BCUT2D eigenvalue weighted by atomic mass is 10.0. The highest BCUT2D eigenvalue weighted by molar-refractivity contribution is 5.19. The van der Waals surface area contributed by atoms with Gasteiger partial charge >= 0.3 is 0 Å². The fourth-order valence-corrected chi connectivity index (χ4v) is 1.69. The quantitative estimate of drug-likeness (QED) is 0.645. The average molecular weight is 180 g/mol. The van der Waals surface area contributed by atoms with E-state index in [-0.39, 0.29) is 11.9 Å². The Morgan fingerprint density at radius 1 is 1.31 bits per heavy atom. The molecule has 0 N–H and O–H groups in total. The van der Waals surface area contributed by atoms with Crippen LogP contribution in [0.4, 0.5) is 4.39 Å². The Hall–Kier alpha value is -0.890. The van der Waals surface area contributed by atoms with Crippen molar-refractivity contribution >= 4 is 0 Å². The monoisotopic (exact) mass is 180 g/mol. The van der Waals surface area contributed by atoms with Gasteiger partial charge in [-0.15, -0.1) is 0 Å². The van der Waals surface area contributed by atoms with Crippen molar-refractivity contribution in [1.82, 2.24) is 0 Å². The molecule has 1 heterocycles. The summed E-state index contributed by atoms with van der Waals surface area (Å²) in [7, 11) is 0. The van der Waals surface area contributed by atoms with E-state index in [9.17, 15) is 4.39 Å². The van der Waals surface area contributed by atoms with Crippen molar-refractivity contribution in [3.05, 3.63) is 35.6 Å². The van der Waals surface area contributed by atoms with Gasteiger partial charge in [-0.25, -0.2) is 4.39 Å². The molecule has 0 spiro atoms. The fourth-order valence-electron chi connectivity index (χ4n) is 1.69. The van der Waals surface area contributed by atoms with Crippen LogP contribution in [0.5, 0.6) is 0 Å². The second kappa shape index (κ2) is 3.46. The van der Waals surface area contributed by atoms with E-state index in [0.717, 1.165) is 18.6 Å². The third kappa shape index (κ3) is 1.89. The van der Waals surface area contributed by atoms with E-state index in [1.54, 1.807) is 12.1 Å². The first kappa shape index (κ1) is 8.70. The first-order chi connectivity index (χ1) is 6.25. The zero-order valence-electron chi connectivity index (χ0n) is 7.66. The fraction of sp³-hybridized carbons (Fsp3) is 0.455. The highest BCUT2D eigenvalue weighted by Crippen LogP contribution is 2.31. The molecule has 0 radical (unpaired) electrons. The maximum Gasteiger partial charge on any atom is 0.123 e. The molecular formula is C11H13FO. The summed E-state index contributed by atoms with van der Waals surface area (Å²) in [6, 6.07) is 6.58. The van der Waals surface area contributed by atoms with Gasteiger partial charge in [0.25, 0.3) is 0 Å². The number of rotatable bonds is 1. The zero-order chi connectivity index (χ0) is 9.26. The van der Waals surface area contributed by atoms with E-state index in [2.05, 4.69) is 6.92 Å². The lowest BCUT2D eigenvalue weighted by Gasteiger charge is -2.08. The molecule has 13 heavy (non-hydrogen) atoms. The maximum atomic E-state index is 12.6. The Morgan fingerprint density at radius 3 is 2.54 bits per heavy atom. The number of ether oxygens (including phenoxy) is 1. The summed E-state index contributed by atoms with van der Waals surface area (Å²) in [5.74, 6) is 0.435. The number of hydrogen-bond acceptors (Lipinski definition) is 1. The van der Waals surface area contributed by atoms with E-state index in [1.165, 1.54) is 12.1 Å². The molecule has 1 aromatic rings. The Morgan fingerprint density at radius 2 is 2.00 bits per heavy atom. The van der Waals surface area contributed by atoms with Crippen molar-refractivity contribution in [2.75, 3.05) is 6.61 Å². The van der Waals surface area contributed by atoms with Crippen LogP contribution in [0.2, 0.25) is 0 Å². The molecule has 2 atom stereocenters. The Bertz CT molecular complexity index is 281. The minimum atomic E-state index is -0.185. The maximum absolute atomic E-state index is 12.6. The SMILES string of the molecule is C[C@@H]1CO[C@@H](c2ccc(F)cc2)C1. The molecule has 2 heteroatoms. The van der Waals surface area contributed by atoms with Gasteiger partial charge in [0.1, 0.15) is 5.82 Å². The van der Waals surface area contributed by atoms with Crippen LogP contribution >= 0.6 is 0 Å². The minimum absolute atomic E-state index is 0.176. The summed E-state index contributed by atoms with van der Waals surface area (Å²) in [6.07, 6.45) is 1.22. The molecular weight excluding hydrogens is 167 g/mol. The summed E-state index contributed by atoms with van der Waals surface area (Å²) in [6.45, 7) is 2.99. The van der Waals surface area contributed by atoms with E-state index in [1.807, 2.05) is 0 Å². The van der Waals surface area contributed by atoms with Crippen LogP contribution in [0.15, 0.2) is 24.3 Å². The van der Waals surface area contributed by atoms with Gasteiger partial charge < -0.3 is 4.74 Å². The lowest BCUT2D eigenvalue weighted by molar-refractivity contribution is 0.108. The van der Waals surface area contributed by atoms with Crippen LogP contribution < -0.4 is 0 Å². The molecule has 2 rings (SSSR count). The molecule has 1 nitrogen and oxygen atoms in total. The van der Waals surface area contributed by atoms with Crippen molar-refractivity contribution in [3.63, 3.8) is 0 Å². The molecule has 1 aliphatic heterocycles. The zero-order valence-corrected chi connectivity index (χ0v) is 7.66. The highest BCUT2D eigenvalue weighted by Gasteiger charge is 2.23. The molecule has 1 aliphatic rings. The summed E-state index contributed by atoms with van der Waals surface area (Å²) >= 11 is 0. The summed E-state index contributed by atoms with van der Waals surface area (Å²) in [5, 5.41) is 0. The van der Waals surface area contributed by atoms with Crippen molar-refractivity contribution in [1.29, 1.82) is 0 Å². The first-order valence-electron chi connectivity index (χ1n) is 4.63. The molecule has 0 amide bonds. The number of hydrogen-bond donors (Lipinski definition) is 0. The minimum Gasteiger partial charge on any atom is -0.373 e. The van der Waals surface area contributed by atoms with Crippen LogP contribution in [0.3, 0.4) is 0 Å². The average Bonchev–Trinajstić information content (AvgIpc) is 2.53. The predicted octanol–water partition coefficient (Wildman–Crippen LogP) is 2.92. The smallest absolute Gasteiger partial charge is 0.123 e. The normalized spacial score (nSPS) is 27.8. The third-order valence-corrected chi connectivity index (χ3v) is 2.44. The molecule has 0 aromatic heterocycles. The second-order valence-corrected chi connectivity index (χ2v) is 3.71. The van der Waals surface area contributed by atoms with E-state index in [4.69, 9.17) is 4.74 Å². The van der Waals surface area contributed by atoms with Gasteiger partial charge in [0.05, 0.1) is 12.7 Å². The van der Waals surface area contributed by atoms with Gasteiger partial charge in [-0.3, -0.25) is 0 Å². The largest absolute Gasteiger partial charge is 0.373 e. The van der Waals surface area contributed by atoms with Gasteiger partial charge in [-0.05, 0) is 30.0 Å². The highest BCUT2D eigenvalue weighted by atomic mass is 19.1. The summed E-state index contributed by atoms with van der Waals surface area (Å²) < 4.78 is 18.2. The number of benzene rings is 1. The van der Waals surface area contributed by atoms with Gasteiger partial charge in [0, 0.05) is 0 Å². The summed E-state index contributed by atoms with van der Waals surface area (Å²) in [5.41, 5.74) is 1.09. The van der Waals surface area contributed by atoms with E-state index < -0.39 is 0 Å². The lowest BCUT2D eigenvalue weighted by Crippen LogP contribution is -1.95. The van der Waals surface area contributed by atoms with Gasteiger partial charge in [0.15, 0.2) is 0 Å². The molecule has 70 valence electrons. The molecule has 0 aliphatic carbocycles. The molecule has 1 aromatic carbocycles. The standard InChI is InChI=1S/C11H13FO/c1-8-6-11(13-7-8)9-2-4-10(12)5-3-9/h2-5,8,11H,6-7H2,1H3/t8-,11+/m0/s1. The Kier molecular flexibility index (Phi) is 2.32. The summed E-state index contributed by atoms with van der Waals surface area (Å²) in [4.78, 5) is 0. The molecule has 0 unspecified atom stereocenters. The second-order valence-electron chi connectivity index (χ2n) is 3.71. The molecule has 1 saturated heterocycles. The van der Waals surface area contributed by atoms with Crippen molar-refractivity contribution in [3.8, 4) is 0 Å². The molecule has 0 bridgehead atoms. The Balaban J connectivity index is 2.13. The number of halogens is 1. The molecule has 0 saturated carbocycles. The van der Waals surface area contributed by atoms with Gasteiger partial charge in [-0.2, -0.15) is 0 Å². The van der Waals surface area contributed by atoms with Gasteiger partial charge in [-0.1, -0.05) is 19.1 Å². The van der Waals surface area contributed by atoms with Crippen molar-refractivity contribution < 1.29 is 9.13 Å². The van der Waals surface area contributed by atoms with Gasteiger partial charge in [0.2, 0.25) is 0 Å². The van der Waals surface area contributed by atoms with Crippen LogP contribution in [0.25, 0.3) is 0 Å². The predicted molar refractivity (Wildman–Crippen MR) is 48.9 cm³/mol. The van der Waals surface area contributed by atoms with E-state index in [0.29, 0.717) is 5.92 Å². The van der Waals surface area contributed by atoms with Crippen LogP contribution in [0.1, 0.15) is 25.0 Å². The van der Waals surface area contributed by atoms with Crippen LogP contribution in [-0.4, -0.2) is 6.61 Å². The van der Waals surface area contributed by atoms with Crippen LogP contribution in [0, 0.1) is 11.7 Å². The van der Waals surface area contributed by atoms with Crippen molar-refractivity contribution in [2.45, 2.75) is 19.4 Å². The first-order valence-corrected chi connectivity index (χ1v) is 4.63.